The third-order valence-electron chi connectivity index (χ3n) is 14.2. The summed E-state index contributed by atoms with van der Waals surface area (Å²) in [6.45, 7) is 4.70. The minimum absolute atomic E-state index is 0.143. The van der Waals surface area contributed by atoms with E-state index >= 15 is 0 Å². The Hall–Kier alpha value is -8.86. The first-order valence-corrected chi connectivity index (χ1v) is 23.7. The number of hydrogen-bond acceptors (Lipinski definition) is 3. The smallest absolute Gasteiger partial charge is 0.160 e. The standard InChI is InChI=1S/C65H46N4/c1-65(2)58-25-12-9-22-53(58)54-39-37-52(42-59(54)65)68(49-35-32-46(33-36-49)44-18-7-4-8-19-44)50-20-15-21-51(41-50)69-61-27-14-11-23-55(61)56-38-34-48(40-62(56)69)64-66-60-26-13-10-24-57(60)63(67-64)47-30-28-45(29-31-47)43-16-5-3-6-17-43/h3-42H,1-2H3. The van der Waals surface area contributed by atoms with E-state index in [-0.39, 0.29) is 5.41 Å². The molecule has 0 amide bonds. The molecule has 2 heterocycles. The highest BCUT2D eigenvalue weighted by atomic mass is 15.1. The number of aromatic nitrogens is 3. The lowest BCUT2D eigenvalue weighted by Crippen LogP contribution is -2.16. The highest BCUT2D eigenvalue weighted by Gasteiger charge is 2.36. The summed E-state index contributed by atoms with van der Waals surface area (Å²) in [4.78, 5) is 13.0. The molecule has 13 rings (SSSR count). The van der Waals surface area contributed by atoms with Gasteiger partial charge in [0.25, 0.3) is 0 Å². The van der Waals surface area contributed by atoms with Crippen molar-refractivity contribution in [1.29, 1.82) is 0 Å². The summed E-state index contributed by atoms with van der Waals surface area (Å²) in [5, 5.41) is 3.39. The lowest BCUT2D eigenvalue weighted by Gasteiger charge is -2.28. The van der Waals surface area contributed by atoms with Crippen LogP contribution in [-0.4, -0.2) is 14.5 Å². The van der Waals surface area contributed by atoms with Crippen molar-refractivity contribution >= 4 is 49.8 Å². The van der Waals surface area contributed by atoms with Gasteiger partial charge in [-0.15, -0.1) is 0 Å². The minimum Gasteiger partial charge on any atom is -0.310 e. The molecule has 0 atom stereocenters. The van der Waals surface area contributed by atoms with Gasteiger partial charge < -0.3 is 9.47 Å². The molecule has 12 aromatic rings. The Morgan fingerprint density at radius 2 is 0.928 bits per heavy atom. The van der Waals surface area contributed by atoms with E-state index in [1.165, 1.54) is 55.3 Å². The van der Waals surface area contributed by atoms with Crippen LogP contribution in [0.3, 0.4) is 0 Å². The monoisotopic (exact) mass is 882 g/mol. The van der Waals surface area contributed by atoms with E-state index in [0.717, 1.165) is 61.5 Å². The molecule has 326 valence electrons. The van der Waals surface area contributed by atoms with E-state index in [9.17, 15) is 0 Å². The van der Waals surface area contributed by atoms with Crippen molar-refractivity contribution in [2.75, 3.05) is 4.90 Å². The van der Waals surface area contributed by atoms with Crippen LogP contribution in [0.15, 0.2) is 243 Å². The number of rotatable bonds is 8. The van der Waals surface area contributed by atoms with Crippen molar-refractivity contribution in [3.8, 4) is 61.7 Å². The molecule has 4 heteroatoms. The normalized spacial score (nSPS) is 12.6. The summed E-state index contributed by atoms with van der Waals surface area (Å²) >= 11 is 0. The van der Waals surface area contributed by atoms with Crippen LogP contribution in [0.2, 0.25) is 0 Å². The molecule has 0 spiro atoms. The summed E-state index contributed by atoms with van der Waals surface area (Å²) in [6, 6.07) is 87.4. The molecule has 1 aliphatic carbocycles. The molecular weight excluding hydrogens is 837 g/mol. The fraction of sp³-hybridized carbons (Fsp3) is 0.0462. The van der Waals surface area contributed by atoms with Crippen molar-refractivity contribution in [3.05, 3.63) is 254 Å². The Labute approximate surface area is 402 Å². The lowest BCUT2D eigenvalue weighted by atomic mass is 9.82. The summed E-state index contributed by atoms with van der Waals surface area (Å²) in [5.74, 6) is 0.690. The summed E-state index contributed by atoms with van der Waals surface area (Å²) in [5.41, 5.74) is 20.3. The first-order chi connectivity index (χ1) is 34.0. The maximum Gasteiger partial charge on any atom is 0.160 e. The zero-order chi connectivity index (χ0) is 46.1. The molecule has 10 aromatic carbocycles. The molecule has 0 radical (unpaired) electrons. The second kappa shape index (κ2) is 16.2. The van der Waals surface area contributed by atoms with Crippen molar-refractivity contribution in [2.24, 2.45) is 0 Å². The van der Waals surface area contributed by atoms with Crippen molar-refractivity contribution in [3.63, 3.8) is 0 Å². The maximum atomic E-state index is 5.36. The topological polar surface area (TPSA) is 34.0 Å². The highest BCUT2D eigenvalue weighted by molar-refractivity contribution is 6.10. The van der Waals surface area contributed by atoms with Gasteiger partial charge in [0.1, 0.15) is 0 Å². The highest BCUT2D eigenvalue weighted by Crippen LogP contribution is 2.51. The van der Waals surface area contributed by atoms with E-state index in [2.05, 4.69) is 266 Å². The Morgan fingerprint density at radius 1 is 0.362 bits per heavy atom. The van der Waals surface area contributed by atoms with Crippen molar-refractivity contribution < 1.29 is 0 Å². The van der Waals surface area contributed by atoms with Crippen LogP contribution in [0.4, 0.5) is 17.1 Å². The number of hydrogen-bond donors (Lipinski definition) is 0. The first-order valence-electron chi connectivity index (χ1n) is 23.7. The fourth-order valence-corrected chi connectivity index (χ4v) is 10.7. The molecule has 0 aliphatic heterocycles. The molecule has 69 heavy (non-hydrogen) atoms. The quantitative estimate of drug-likeness (QED) is 0.152. The van der Waals surface area contributed by atoms with Gasteiger partial charge in [-0.25, -0.2) is 9.97 Å². The van der Waals surface area contributed by atoms with Gasteiger partial charge in [0.2, 0.25) is 0 Å². The molecule has 0 fully saturated rings. The molecule has 0 N–H and O–H groups in total. The minimum atomic E-state index is -0.143. The fourth-order valence-electron chi connectivity index (χ4n) is 10.7. The van der Waals surface area contributed by atoms with Gasteiger partial charge in [0.05, 0.1) is 22.2 Å². The number of anilines is 3. The maximum absolute atomic E-state index is 5.36. The molecule has 0 bridgehead atoms. The summed E-state index contributed by atoms with van der Waals surface area (Å²) in [7, 11) is 0. The Balaban J connectivity index is 0.954. The molecule has 0 saturated carbocycles. The van der Waals surface area contributed by atoms with Gasteiger partial charge in [0.15, 0.2) is 5.82 Å². The van der Waals surface area contributed by atoms with E-state index in [1.807, 2.05) is 0 Å². The Kier molecular flexibility index (Phi) is 9.48. The zero-order valence-electron chi connectivity index (χ0n) is 38.4. The molecule has 1 aliphatic rings. The largest absolute Gasteiger partial charge is 0.310 e. The number of para-hydroxylation sites is 2. The van der Waals surface area contributed by atoms with Crippen LogP contribution in [-0.2, 0) is 5.41 Å². The number of benzene rings is 10. The van der Waals surface area contributed by atoms with E-state index in [4.69, 9.17) is 9.97 Å². The van der Waals surface area contributed by atoms with Gasteiger partial charge in [-0.3, -0.25) is 0 Å². The second-order valence-corrected chi connectivity index (χ2v) is 18.6. The van der Waals surface area contributed by atoms with Crippen molar-refractivity contribution in [2.45, 2.75) is 19.3 Å². The Bertz CT molecular complexity index is 3910. The van der Waals surface area contributed by atoms with E-state index < -0.39 is 0 Å². The van der Waals surface area contributed by atoms with Crippen LogP contribution in [0.25, 0.3) is 94.4 Å². The van der Waals surface area contributed by atoms with Crippen LogP contribution in [0, 0.1) is 0 Å². The molecule has 0 saturated heterocycles. The van der Waals surface area contributed by atoms with E-state index in [0.29, 0.717) is 5.82 Å². The number of nitrogens with zero attached hydrogens (tertiary/aromatic N) is 4. The lowest BCUT2D eigenvalue weighted by molar-refractivity contribution is 0.660. The first kappa shape index (κ1) is 40.4. The molecular formula is C65H46N4. The van der Waals surface area contributed by atoms with Crippen LogP contribution < -0.4 is 4.90 Å². The van der Waals surface area contributed by atoms with Crippen LogP contribution in [0.1, 0.15) is 25.0 Å². The summed E-state index contributed by atoms with van der Waals surface area (Å²) in [6.07, 6.45) is 0. The predicted octanol–water partition coefficient (Wildman–Crippen LogP) is 17.2. The number of fused-ring (bicyclic) bond motifs is 7. The summed E-state index contributed by atoms with van der Waals surface area (Å²) < 4.78 is 2.40. The van der Waals surface area contributed by atoms with Crippen molar-refractivity contribution in [1.82, 2.24) is 14.5 Å². The molecule has 2 aromatic heterocycles. The average molecular weight is 883 g/mol. The SMILES string of the molecule is CC1(C)c2ccccc2-c2ccc(N(c3ccc(-c4ccccc4)cc3)c3cccc(-n4c5ccccc5c5ccc(-c6nc(-c7ccc(-c8ccccc8)cc7)c7ccccc7n6)cc54)c3)cc21. The molecule has 0 unspecified atom stereocenters. The predicted molar refractivity (Wildman–Crippen MR) is 288 cm³/mol. The van der Waals surface area contributed by atoms with Gasteiger partial charge in [-0.1, -0.05) is 196 Å². The van der Waals surface area contributed by atoms with Crippen LogP contribution >= 0.6 is 0 Å². The second-order valence-electron chi connectivity index (χ2n) is 18.6. The third kappa shape index (κ3) is 6.83. The van der Waals surface area contributed by atoms with Crippen LogP contribution in [0.5, 0.6) is 0 Å². The Morgan fingerprint density at radius 3 is 1.70 bits per heavy atom. The van der Waals surface area contributed by atoms with Gasteiger partial charge >= 0.3 is 0 Å². The van der Waals surface area contributed by atoms with Gasteiger partial charge in [-0.2, -0.15) is 0 Å². The van der Waals surface area contributed by atoms with E-state index in [1.54, 1.807) is 0 Å². The van der Waals surface area contributed by atoms with Gasteiger partial charge in [0, 0.05) is 55.5 Å². The zero-order valence-corrected chi connectivity index (χ0v) is 38.4. The van der Waals surface area contributed by atoms with Gasteiger partial charge in [-0.05, 0) is 105 Å². The third-order valence-corrected chi connectivity index (χ3v) is 14.2. The average Bonchev–Trinajstić information content (AvgIpc) is 3.86. The molecule has 4 nitrogen and oxygen atoms in total.